The second kappa shape index (κ2) is 8.32. The fourth-order valence-corrected chi connectivity index (χ4v) is 8.44. The van der Waals surface area contributed by atoms with Gasteiger partial charge in [0.25, 0.3) is 0 Å². The van der Waals surface area contributed by atoms with Gasteiger partial charge in [-0.3, -0.25) is 4.79 Å². The summed E-state index contributed by atoms with van der Waals surface area (Å²) >= 11 is 0. The zero-order chi connectivity index (χ0) is 26.4. The lowest BCUT2D eigenvalue weighted by atomic mass is 9.45. The highest BCUT2D eigenvalue weighted by Gasteiger charge is 2.71. The van der Waals surface area contributed by atoms with E-state index in [-0.39, 0.29) is 44.3 Å². The Bertz CT molecular complexity index is 892. The van der Waals surface area contributed by atoms with Gasteiger partial charge in [0.15, 0.2) is 5.78 Å². The van der Waals surface area contributed by atoms with Gasteiger partial charge < -0.3 is 35.7 Å². The molecule has 0 aliphatic heterocycles. The Morgan fingerprint density at radius 2 is 1.69 bits per heavy atom. The summed E-state index contributed by atoms with van der Waals surface area (Å²) in [6.07, 6.45) is -1.08. The number of aliphatic hydroxyl groups is 7. The Labute approximate surface area is 207 Å². The van der Waals surface area contributed by atoms with Crippen molar-refractivity contribution >= 4 is 5.78 Å². The van der Waals surface area contributed by atoms with Crippen LogP contribution in [0, 0.1) is 28.6 Å². The molecule has 200 valence electrons. The van der Waals surface area contributed by atoms with Crippen LogP contribution in [-0.2, 0) is 4.79 Å². The maximum atomic E-state index is 13.3. The average Bonchev–Trinajstić information content (AvgIpc) is 2.99. The lowest BCUT2D eigenvalue weighted by molar-refractivity contribution is -0.197. The summed E-state index contributed by atoms with van der Waals surface area (Å²) in [6.45, 7) is 8.52. The summed E-state index contributed by atoms with van der Waals surface area (Å²) in [6, 6.07) is 0. The van der Waals surface area contributed by atoms with E-state index in [4.69, 9.17) is 0 Å². The minimum Gasteiger partial charge on any atom is -0.392 e. The number of ketones is 1. The smallest absolute Gasteiger partial charge is 0.159 e. The Kier molecular flexibility index (Phi) is 6.46. The van der Waals surface area contributed by atoms with Gasteiger partial charge in [-0.05, 0) is 88.7 Å². The first-order valence-corrected chi connectivity index (χ1v) is 13.0. The van der Waals surface area contributed by atoms with Gasteiger partial charge in [0.2, 0.25) is 0 Å². The van der Waals surface area contributed by atoms with Gasteiger partial charge in [0.1, 0.15) is 0 Å². The first kappa shape index (κ1) is 27.2. The lowest BCUT2D eigenvalue weighted by Gasteiger charge is -2.62. The van der Waals surface area contributed by atoms with Gasteiger partial charge in [-0.15, -0.1) is 0 Å². The van der Waals surface area contributed by atoms with E-state index in [1.165, 1.54) is 6.08 Å². The van der Waals surface area contributed by atoms with Crippen molar-refractivity contribution in [3.05, 3.63) is 11.6 Å². The highest BCUT2D eigenvalue weighted by Crippen LogP contribution is 2.68. The molecule has 0 aromatic carbocycles. The Morgan fingerprint density at radius 1 is 1.06 bits per heavy atom. The maximum Gasteiger partial charge on any atom is 0.159 e. The molecule has 0 amide bonds. The number of carbonyl (C=O) groups is 1. The molecule has 0 spiro atoms. The predicted octanol–water partition coefficient (Wildman–Crippen LogP) is 0.825. The van der Waals surface area contributed by atoms with Gasteiger partial charge in [-0.2, -0.15) is 0 Å². The molecule has 4 aliphatic carbocycles. The van der Waals surface area contributed by atoms with Crippen LogP contribution in [0.15, 0.2) is 11.6 Å². The van der Waals surface area contributed by atoms with E-state index in [2.05, 4.69) is 0 Å². The summed E-state index contributed by atoms with van der Waals surface area (Å²) < 4.78 is 0. The van der Waals surface area contributed by atoms with Gasteiger partial charge in [0, 0.05) is 17.3 Å². The fourth-order valence-electron chi connectivity index (χ4n) is 8.44. The third-order valence-electron chi connectivity index (χ3n) is 10.5. The van der Waals surface area contributed by atoms with E-state index >= 15 is 0 Å². The number of aliphatic hydroxyl groups excluding tert-OH is 4. The van der Waals surface area contributed by atoms with Crippen LogP contribution in [0.25, 0.3) is 0 Å². The number of rotatable bonds is 5. The quantitative estimate of drug-likeness (QED) is 0.295. The zero-order valence-electron chi connectivity index (χ0n) is 21.6. The minimum absolute atomic E-state index is 0.115. The highest BCUT2D eigenvalue weighted by molar-refractivity contribution is 5.95. The Balaban J connectivity index is 1.71. The van der Waals surface area contributed by atoms with Crippen molar-refractivity contribution in [1.29, 1.82) is 0 Å². The standard InChI is InChI=1S/C27H44O8/c1-23(2,33)8-7-21(32)26(5,34)20-6-9-27(35)15-11-16(28)14-10-17(29)18(30)12-24(14,3)22(15)19(31)13-25(20,27)4/h11,14,17-22,29-35H,6-10,12-13H2,1-5H3/t14-,17-,18+,19+,20+,21-,22+,24-,25+,26+,27+/m0/s1. The normalized spacial score (nSPS) is 48.3. The number of hydrogen-bond donors (Lipinski definition) is 7. The molecule has 0 heterocycles. The molecule has 0 unspecified atom stereocenters. The Hall–Kier alpha value is -0.870. The van der Waals surface area contributed by atoms with Crippen molar-refractivity contribution in [1.82, 2.24) is 0 Å². The van der Waals surface area contributed by atoms with Crippen molar-refractivity contribution in [2.75, 3.05) is 0 Å². The lowest BCUT2D eigenvalue weighted by Crippen LogP contribution is -2.66. The van der Waals surface area contributed by atoms with Crippen LogP contribution >= 0.6 is 0 Å². The predicted molar refractivity (Wildman–Crippen MR) is 128 cm³/mol. The van der Waals surface area contributed by atoms with Crippen LogP contribution in [0.5, 0.6) is 0 Å². The molecule has 8 heteroatoms. The highest BCUT2D eigenvalue weighted by atomic mass is 16.3. The van der Waals surface area contributed by atoms with Crippen LogP contribution in [0.3, 0.4) is 0 Å². The monoisotopic (exact) mass is 496 g/mol. The molecule has 0 aromatic rings. The van der Waals surface area contributed by atoms with Crippen molar-refractivity contribution in [2.45, 2.75) is 121 Å². The molecule has 4 rings (SSSR count). The molecule has 11 atom stereocenters. The van der Waals surface area contributed by atoms with Crippen LogP contribution in [0.4, 0.5) is 0 Å². The fraction of sp³-hybridized carbons (Fsp3) is 0.889. The summed E-state index contributed by atoms with van der Waals surface area (Å²) in [5, 5.41) is 77.0. The number of fused-ring (bicyclic) bond motifs is 5. The second-order valence-electron chi connectivity index (χ2n) is 13.3. The number of carbonyl (C=O) groups excluding carboxylic acids is 1. The van der Waals surface area contributed by atoms with E-state index in [0.717, 1.165) is 0 Å². The summed E-state index contributed by atoms with van der Waals surface area (Å²) in [5.41, 5.74) is -5.42. The van der Waals surface area contributed by atoms with E-state index in [1.54, 1.807) is 20.8 Å². The summed E-state index contributed by atoms with van der Waals surface area (Å²) in [4.78, 5) is 13.3. The molecule has 8 nitrogen and oxygen atoms in total. The SMILES string of the molecule is CC(C)(O)CC[C@H](O)[C@](C)(O)[C@@H]1CC[C@@]2(O)C3=CC(=O)[C@@H]4C[C@H](O)[C@H](O)C[C@]4(C)[C@H]3[C@H](O)C[C@]12C. The van der Waals surface area contributed by atoms with E-state index < -0.39 is 69.8 Å². The van der Waals surface area contributed by atoms with Gasteiger partial charge >= 0.3 is 0 Å². The zero-order valence-corrected chi connectivity index (χ0v) is 21.6. The van der Waals surface area contributed by atoms with Crippen LogP contribution in [-0.4, -0.2) is 82.7 Å². The first-order valence-electron chi connectivity index (χ1n) is 13.0. The molecule has 3 saturated carbocycles. The van der Waals surface area contributed by atoms with E-state index in [1.807, 2.05) is 13.8 Å². The molecule has 7 N–H and O–H groups in total. The summed E-state index contributed by atoms with van der Waals surface area (Å²) in [5.74, 6) is -1.89. The van der Waals surface area contributed by atoms with Crippen molar-refractivity contribution in [3.63, 3.8) is 0 Å². The maximum absolute atomic E-state index is 13.3. The molecule has 0 saturated heterocycles. The molecule has 0 radical (unpaired) electrons. The van der Waals surface area contributed by atoms with Crippen molar-refractivity contribution in [3.8, 4) is 0 Å². The van der Waals surface area contributed by atoms with Crippen molar-refractivity contribution < 1.29 is 40.5 Å². The van der Waals surface area contributed by atoms with Gasteiger partial charge in [-0.1, -0.05) is 13.8 Å². The molecular formula is C27H44O8. The molecule has 0 aromatic heterocycles. The molecule has 35 heavy (non-hydrogen) atoms. The second-order valence-corrected chi connectivity index (χ2v) is 13.3. The largest absolute Gasteiger partial charge is 0.392 e. The van der Waals surface area contributed by atoms with Crippen molar-refractivity contribution in [2.24, 2.45) is 28.6 Å². The molecule has 0 bridgehead atoms. The first-order chi connectivity index (χ1) is 15.9. The van der Waals surface area contributed by atoms with Gasteiger partial charge in [-0.25, -0.2) is 0 Å². The van der Waals surface area contributed by atoms with Crippen LogP contribution in [0.1, 0.15) is 79.6 Å². The molecule has 4 aliphatic rings. The minimum atomic E-state index is -1.59. The van der Waals surface area contributed by atoms with E-state index in [9.17, 15) is 40.5 Å². The topological polar surface area (TPSA) is 159 Å². The Morgan fingerprint density at radius 3 is 2.29 bits per heavy atom. The van der Waals surface area contributed by atoms with E-state index in [0.29, 0.717) is 12.0 Å². The molecular weight excluding hydrogens is 452 g/mol. The van der Waals surface area contributed by atoms with Crippen LogP contribution < -0.4 is 0 Å². The molecule has 3 fully saturated rings. The average molecular weight is 497 g/mol. The third-order valence-corrected chi connectivity index (χ3v) is 10.5. The number of hydrogen-bond acceptors (Lipinski definition) is 8. The summed E-state index contributed by atoms with van der Waals surface area (Å²) in [7, 11) is 0. The number of allylic oxidation sites excluding steroid dienone is 1. The van der Waals surface area contributed by atoms with Gasteiger partial charge in [0.05, 0.1) is 41.2 Å². The van der Waals surface area contributed by atoms with Crippen LogP contribution in [0.2, 0.25) is 0 Å². The third kappa shape index (κ3) is 3.95.